The van der Waals surface area contributed by atoms with Crippen molar-refractivity contribution in [2.45, 2.75) is 12.8 Å². The number of alkyl halides is 3. The van der Waals surface area contributed by atoms with Gasteiger partial charge in [-0.2, -0.15) is 0 Å². The van der Waals surface area contributed by atoms with Crippen molar-refractivity contribution >= 4 is 11.6 Å². The molecule has 2 N–H and O–H groups in total. The molecule has 0 aliphatic heterocycles. The lowest BCUT2D eigenvalue weighted by atomic mass is 10.3. The van der Waals surface area contributed by atoms with Crippen LogP contribution in [0, 0.1) is 0 Å². The van der Waals surface area contributed by atoms with Gasteiger partial charge in [0.05, 0.1) is 5.69 Å². The van der Waals surface area contributed by atoms with Gasteiger partial charge in [-0.1, -0.05) is 12.1 Å². The molecule has 0 aliphatic carbocycles. The summed E-state index contributed by atoms with van der Waals surface area (Å²) in [5.74, 6) is -0.515. The average molecular weight is 262 g/mol. The lowest BCUT2D eigenvalue weighted by Gasteiger charge is -2.14. The van der Waals surface area contributed by atoms with E-state index >= 15 is 0 Å². The number of anilines is 1. The van der Waals surface area contributed by atoms with Crippen LogP contribution in [0.5, 0.6) is 5.75 Å². The summed E-state index contributed by atoms with van der Waals surface area (Å²) in [5, 5.41) is 5.13. The van der Waals surface area contributed by atoms with Crippen LogP contribution in [0.1, 0.15) is 6.42 Å². The molecule has 18 heavy (non-hydrogen) atoms. The van der Waals surface area contributed by atoms with Gasteiger partial charge >= 0.3 is 6.36 Å². The number of carbonyl (C=O) groups is 1. The molecule has 0 saturated heterocycles. The molecule has 100 valence electrons. The number of amides is 1. The molecule has 0 radical (unpaired) electrons. The second-order valence-electron chi connectivity index (χ2n) is 3.39. The van der Waals surface area contributed by atoms with E-state index in [1.807, 2.05) is 0 Å². The molecule has 0 unspecified atom stereocenters. The minimum Gasteiger partial charge on any atom is -0.404 e. The number of benzene rings is 1. The molecule has 7 heteroatoms. The first-order chi connectivity index (χ1) is 8.42. The Balaban J connectivity index is 2.62. The fourth-order valence-electron chi connectivity index (χ4n) is 1.26. The van der Waals surface area contributed by atoms with Crippen LogP contribution in [0.3, 0.4) is 0 Å². The first-order valence-electron chi connectivity index (χ1n) is 5.21. The van der Waals surface area contributed by atoms with E-state index in [9.17, 15) is 18.0 Å². The number of ether oxygens (including phenoxy) is 1. The van der Waals surface area contributed by atoms with Crippen LogP contribution in [0.25, 0.3) is 0 Å². The molecule has 1 aromatic rings. The third-order valence-electron chi connectivity index (χ3n) is 2.06. The van der Waals surface area contributed by atoms with Crippen molar-refractivity contribution in [1.29, 1.82) is 0 Å². The van der Waals surface area contributed by atoms with Crippen LogP contribution in [0.4, 0.5) is 18.9 Å². The summed E-state index contributed by atoms with van der Waals surface area (Å²) in [5.41, 5.74) is 0.193. The first-order valence-corrected chi connectivity index (χ1v) is 5.21. The summed E-state index contributed by atoms with van der Waals surface area (Å²) in [7, 11) is 1.49. The molecule has 0 fully saturated rings. The van der Waals surface area contributed by atoms with Crippen LogP contribution in [0.2, 0.25) is 0 Å². The molecular weight excluding hydrogens is 249 g/mol. The van der Waals surface area contributed by atoms with Gasteiger partial charge in [-0.25, -0.2) is 0 Å². The summed E-state index contributed by atoms with van der Waals surface area (Å²) in [6.45, 7) is 0.220. The number of hydrogen-bond donors (Lipinski definition) is 2. The quantitative estimate of drug-likeness (QED) is 0.854. The van der Waals surface area contributed by atoms with Crippen LogP contribution in [-0.4, -0.2) is 25.9 Å². The van der Waals surface area contributed by atoms with Crippen LogP contribution >= 0.6 is 0 Å². The van der Waals surface area contributed by atoms with E-state index < -0.39 is 6.36 Å². The van der Waals surface area contributed by atoms with Gasteiger partial charge < -0.3 is 15.4 Å². The van der Waals surface area contributed by atoms with Crippen molar-refractivity contribution < 1.29 is 22.7 Å². The zero-order chi connectivity index (χ0) is 13.6. The van der Waals surface area contributed by atoms with Gasteiger partial charge in [0, 0.05) is 20.0 Å². The largest absolute Gasteiger partial charge is 0.573 e. The van der Waals surface area contributed by atoms with Crippen molar-refractivity contribution in [3.05, 3.63) is 24.3 Å². The van der Waals surface area contributed by atoms with E-state index in [1.54, 1.807) is 6.07 Å². The zero-order valence-corrected chi connectivity index (χ0v) is 9.67. The number of carbonyl (C=O) groups excluding carboxylic acids is 1. The molecule has 0 aromatic heterocycles. The van der Waals surface area contributed by atoms with Crippen molar-refractivity contribution in [2.75, 3.05) is 18.9 Å². The first kappa shape index (κ1) is 14.1. The third kappa shape index (κ3) is 4.94. The maximum atomic E-state index is 12.1. The summed E-state index contributed by atoms with van der Waals surface area (Å²) >= 11 is 0. The van der Waals surface area contributed by atoms with Gasteiger partial charge in [0.2, 0.25) is 5.91 Å². The highest BCUT2D eigenvalue weighted by atomic mass is 19.4. The lowest BCUT2D eigenvalue weighted by Crippen LogP contribution is -2.21. The lowest BCUT2D eigenvalue weighted by molar-refractivity contribution is -0.274. The Kier molecular flexibility index (Phi) is 4.82. The zero-order valence-electron chi connectivity index (χ0n) is 9.67. The average Bonchev–Trinajstić information content (AvgIpc) is 2.29. The van der Waals surface area contributed by atoms with Crippen molar-refractivity contribution in [3.63, 3.8) is 0 Å². The fraction of sp³-hybridized carbons (Fsp3) is 0.364. The summed E-state index contributed by atoms with van der Waals surface area (Å²) < 4.78 is 40.2. The molecule has 1 amide bonds. The summed E-state index contributed by atoms with van der Waals surface area (Å²) in [4.78, 5) is 11.0. The Morgan fingerprint density at radius 2 is 2.00 bits per heavy atom. The number of rotatable bonds is 5. The Labute approximate surface area is 102 Å². The van der Waals surface area contributed by atoms with Gasteiger partial charge in [0.15, 0.2) is 5.75 Å². The molecule has 0 heterocycles. The summed E-state index contributed by atoms with van der Waals surface area (Å²) in [6, 6.07) is 5.66. The Bertz CT molecular complexity index is 408. The molecule has 1 aromatic carbocycles. The standard InChI is InChI=1S/C11H13F3N2O2/c1-15-10(17)6-7-16-8-4-2-3-5-9(8)18-11(12,13)14/h2-5,16H,6-7H2,1H3,(H,15,17). The Morgan fingerprint density at radius 1 is 1.33 bits per heavy atom. The van der Waals surface area contributed by atoms with E-state index in [1.165, 1.54) is 25.2 Å². The number of para-hydroxylation sites is 2. The third-order valence-corrected chi connectivity index (χ3v) is 2.06. The highest BCUT2D eigenvalue weighted by Gasteiger charge is 2.31. The molecule has 0 saturated carbocycles. The van der Waals surface area contributed by atoms with E-state index in [4.69, 9.17) is 0 Å². The molecule has 4 nitrogen and oxygen atoms in total. The van der Waals surface area contributed by atoms with E-state index in [-0.39, 0.29) is 30.3 Å². The SMILES string of the molecule is CNC(=O)CCNc1ccccc1OC(F)(F)F. The Morgan fingerprint density at radius 3 is 2.61 bits per heavy atom. The van der Waals surface area contributed by atoms with Crippen molar-refractivity contribution in [3.8, 4) is 5.75 Å². The topological polar surface area (TPSA) is 50.4 Å². The molecule has 0 spiro atoms. The molecular formula is C11H13F3N2O2. The monoisotopic (exact) mass is 262 g/mol. The van der Waals surface area contributed by atoms with Gasteiger partial charge in [0.25, 0.3) is 0 Å². The maximum absolute atomic E-state index is 12.1. The number of halogens is 3. The fourth-order valence-corrected chi connectivity index (χ4v) is 1.26. The van der Waals surface area contributed by atoms with Crippen LogP contribution in [0.15, 0.2) is 24.3 Å². The minimum atomic E-state index is -4.74. The van der Waals surface area contributed by atoms with Crippen LogP contribution in [-0.2, 0) is 4.79 Å². The van der Waals surface area contributed by atoms with Crippen molar-refractivity contribution in [1.82, 2.24) is 5.32 Å². The number of hydrogen-bond acceptors (Lipinski definition) is 3. The van der Waals surface area contributed by atoms with Crippen LogP contribution < -0.4 is 15.4 Å². The molecule has 1 rings (SSSR count). The van der Waals surface area contributed by atoms with Gasteiger partial charge in [-0.05, 0) is 12.1 Å². The molecule has 0 bridgehead atoms. The van der Waals surface area contributed by atoms with E-state index in [0.29, 0.717) is 0 Å². The predicted molar refractivity (Wildman–Crippen MR) is 60.3 cm³/mol. The predicted octanol–water partition coefficient (Wildman–Crippen LogP) is 2.13. The maximum Gasteiger partial charge on any atom is 0.573 e. The highest BCUT2D eigenvalue weighted by molar-refractivity contribution is 5.76. The van der Waals surface area contributed by atoms with E-state index in [2.05, 4.69) is 15.4 Å². The second kappa shape index (κ2) is 6.13. The van der Waals surface area contributed by atoms with Gasteiger partial charge in [-0.15, -0.1) is 13.2 Å². The van der Waals surface area contributed by atoms with Gasteiger partial charge in [-0.3, -0.25) is 4.79 Å². The smallest absolute Gasteiger partial charge is 0.404 e. The normalized spacial score (nSPS) is 10.9. The van der Waals surface area contributed by atoms with E-state index in [0.717, 1.165) is 0 Å². The van der Waals surface area contributed by atoms with Crippen molar-refractivity contribution in [2.24, 2.45) is 0 Å². The number of nitrogens with one attached hydrogen (secondary N) is 2. The van der Waals surface area contributed by atoms with Gasteiger partial charge in [0.1, 0.15) is 0 Å². The minimum absolute atomic E-state index is 0.164. The summed E-state index contributed by atoms with van der Waals surface area (Å²) in [6.07, 6.45) is -4.57. The highest BCUT2D eigenvalue weighted by Crippen LogP contribution is 2.29. The molecule has 0 aliphatic rings. The molecule has 0 atom stereocenters. The second-order valence-corrected chi connectivity index (χ2v) is 3.39. The Hall–Kier alpha value is -1.92.